The Balaban J connectivity index is 2.03. The summed E-state index contributed by atoms with van der Waals surface area (Å²) >= 11 is 0. The van der Waals surface area contributed by atoms with E-state index in [1.165, 1.54) is 0 Å². The lowest BCUT2D eigenvalue weighted by atomic mass is 10.1. The van der Waals surface area contributed by atoms with Gasteiger partial charge in [0.2, 0.25) is 5.79 Å². The van der Waals surface area contributed by atoms with Crippen LogP contribution in [0.1, 0.15) is 6.92 Å². The van der Waals surface area contributed by atoms with Crippen molar-refractivity contribution < 1.29 is 18.9 Å². The highest BCUT2D eigenvalue weighted by Gasteiger charge is 2.65. The van der Waals surface area contributed by atoms with Gasteiger partial charge in [0.05, 0.1) is 6.61 Å². The Morgan fingerprint density at radius 2 is 2.08 bits per heavy atom. The predicted molar refractivity (Wildman–Crippen MR) is 40.8 cm³/mol. The molecule has 0 bridgehead atoms. The number of hydrogen-bond donors (Lipinski definition) is 0. The van der Waals surface area contributed by atoms with Crippen molar-refractivity contribution in [3.05, 3.63) is 0 Å². The van der Waals surface area contributed by atoms with E-state index >= 15 is 0 Å². The van der Waals surface area contributed by atoms with Crippen molar-refractivity contribution in [1.82, 2.24) is 0 Å². The van der Waals surface area contributed by atoms with Gasteiger partial charge in [0.25, 0.3) is 0 Å². The van der Waals surface area contributed by atoms with Crippen LogP contribution in [-0.4, -0.2) is 44.9 Å². The second-order valence-electron chi connectivity index (χ2n) is 3.21. The maximum absolute atomic E-state index is 5.38. The molecule has 2 aliphatic heterocycles. The third-order valence-electron chi connectivity index (χ3n) is 2.54. The number of ether oxygens (including phenoxy) is 4. The molecule has 4 atom stereocenters. The summed E-state index contributed by atoms with van der Waals surface area (Å²) in [6.45, 7) is 2.72. The summed E-state index contributed by atoms with van der Waals surface area (Å²) in [7, 11) is 3.29. The average Bonchev–Trinajstić information content (AvgIpc) is 2.92. The van der Waals surface area contributed by atoms with Crippen LogP contribution in [0, 0.1) is 0 Å². The lowest BCUT2D eigenvalue weighted by molar-refractivity contribution is -0.120. The van der Waals surface area contributed by atoms with Crippen LogP contribution in [0.3, 0.4) is 0 Å². The van der Waals surface area contributed by atoms with Gasteiger partial charge in [0.15, 0.2) is 0 Å². The molecule has 2 rings (SSSR count). The Labute approximate surface area is 71.7 Å². The van der Waals surface area contributed by atoms with Gasteiger partial charge in [0, 0.05) is 14.2 Å². The molecule has 2 aliphatic rings. The first-order valence-electron chi connectivity index (χ1n) is 4.12. The fourth-order valence-corrected chi connectivity index (χ4v) is 1.68. The van der Waals surface area contributed by atoms with Crippen LogP contribution in [0.2, 0.25) is 0 Å². The minimum atomic E-state index is -0.546. The van der Waals surface area contributed by atoms with Crippen LogP contribution in [-0.2, 0) is 18.9 Å². The first kappa shape index (κ1) is 8.44. The van der Waals surface area contributed by atoms with Crippen LogP contribution in [0.5, 0.6) is 0 Å². The molecule has 0 amide bonds. The Kier molecular flexibility index (Phi) is 1.88. The summed E-state index contributed by atoms with van der Waals surface area (Å²) in [4.78, 5) is 0. The van der Waals surface area contributed by atoms with Gasteiger partial charge in [-0.05, 0) is 6.92 Å². The highest BCUT2D eigenvalue weighted by molar-refractivity contribution is 5.04. The molecule has 2 heterocycles. The van der Waals surface area contributed by atoms with Gasteiger partial charge in [-0.2, -0.15) is 0 Å². The topological polar surface area (TPSA) is 43.5 Å². The van der Waals surface area contributed by atoms with Crippen LogP contribution in [0.15, 0.2) is 0 Å². The Morgan fingerprint density at radius 3 is 2.33 bits per heavy atom. The molecule has 0 aliphatic carbocycles. The summed E-state index contributed by atoms with van der Waals surface area (Å²) in [6.07, 6.45) is 0.175. The fourth-order valence-electron chi connectivity index (χ4n) is 1.68. The van der Waals surface area contributed by atoms with E-state index in [0.717, 1.165) is 6.61 Å². The monoisotopic (exact) mass is 174 g/mol. The van der Waals surface area contributed by atoms with Gasteiger partial charge >= 0.3 is 0 Å². The van der Waals surface area contributed by atoms with Crippen molar-refractivity contribution in [1.29, 1.82) is 0 Å². The van der Waals surface area contributed by atoms with Crippen molar-refractivity contribution in [2.75, 3.05) is 20.8 Å². The third-order valence-corrected chi connectivity index (χ3v) is 2.54. The first-order chi connectivity index (χ1) is 5.74. The third kappa shape index (κ3) is 1.07. The molecule has 0 saturated carbocycles. The molecule has 2 saturated heterocycles. The lowest BCUT2D eigenvalue weighted by Crippen LogP contribution is -2.39. The summed E-state index contributed by atoms with van der Waals surface area (Å²) < 4.78 is 21.1. The lowest BCUT2D eigenvalue weighted by Gasteiger charge is -2.19. The normalized spacial score (nSPS) is 47.2. The van der Waals surface area contributed by atoms with Gasteiger partial charge in [0.1, 0.15) is 18.3 Å². The summed E-state index contributed by atoms with van der Waals surface area (Å²) in [5.74, 6) is -0.546. The van der Waals surface area contributed by atoms with Crippen LogP contribution in [0.4, 0.5) is 0 Å². The van der Waals surface area contributed by atoms with E-state index in [1.54, 1.807) is 14.2 Å². The second-order valence-corrected chi connectivity index (χ2v) is 3.21. The fraction of sp³-hybridized carbons (Fsp3) is 1.00. The predicted octanol–water partition coefficient (Wildman–Crippen LogP) is 0.162. The molecule has 12 heavy (non-hydrogen) atoms. The van der Waals surface area contributed by atoms with E-state index in [4.69, 9.17) is 18.9 Å². The molecular formula is C8H14O4. The van der Waals surface area contributed by atoms with Gasteiger partial charge in [-0.15, -0.1) is 0 Å². The van der Waals surface area contributed by atoms with E-state index in [9.17, 15) is 0 Å². The molecule has 4 unspecified atom stereocenters. The van der Waals surface area contributed by atoms with Gasteiger partial charge in [-0.3, -0.25) is 0 Å². The number of epoxide rings is 2. The maximum atomic E-state index is 5.38. The number of methoxy groups -OCH3 is 2. The molecule has 4 heteroatoms. The molecule has 0 aromatic carbocycles. The zero-order valence-electron chi connectivity index (χ0n) is 7.57. The highest BCUT2D eigenvalue weighted by atomic mass is 16.8. The van der Waals surface area contributed by atoms with E-state index in [-0.39, 0.29) is 18.3 Å². The molecule has 0 radical (unpaired) electrons. The molecule has 70 valence electrons. The van der Waals surface area contributed by atoms with Gasteiger partial charge in [-0.25, -0.2) is 0 Å². The van der Waals surface area contributed by atoms with Crippen molar-refractivity contribution in [2.45, 2.75) is 31.0 Å². The van der Waals surface area contributed by atoms with Gasteiger partial charge in [-0.1, -0.05) is 0 Å². The van der Waals surface area contributed by atoms with Crippen molar-refractivity contribution in [3.8, 4) is 0 Å². The standard InChI is InChI=1S/C8H14O4/c1-5-8(10-3,12-5)7(9-2)6-4-11-6/h5-7H,4H2,1-3H3. The maximum Gasteiger partial charge on any atom is 0.224 e. The molecule has 4 nitrogen and oxygen atoms in total. The SMILES string of the molecule is COC(C1CO1)C1(OC)OC1C. The van der Waals surface area contributed by atoms with E-state index in [0.29, 0.717) is 0 Å². The largest absolute Gasteiger partial charge is 0.373 e. The minimum Gasteiger partial charge on any atom is -0.373 e. The second kappa shape index (κ2) is 2.67. The summed E-state index contributed by atoms with van der Waals surface area (Å²) in [6, 6.07) is 0. The summed E-state index contributed by atoms with van der Waals surface area (Å²) in [5, 5.41) is 0. The van der Waals surface area contributed by atoms with Crippen molar-refractivity contribution in [2.24, 2.45) is 0 Å². The van der Waals surface area contributed by atoms with Crippen LogP contribution in [0.25, 0.3) is 0 Å². The van der Waals surface area contributed by atoms with Crippen molar-refractivity contribution >= 4 is 0 Å². The molecule has 0 spiro atoms. The number of hydrogen-bond acceptors (Lipinski definition) is 4. The van der Waals surface area contributed by atoms with Gasteiger partial charge < -0.3 is 18.9 Å². The molecule has 0 N–H and O–H groups in total. The zero-order chi connectivity index (χ0) is 8.77. The summed E-state index contributed by atoms with van der Waals surface area (Å²) in [5.41, 5.74) is 0. The van der Waals surface area contributed by atoms with Crippen LogP contribution >= 0.6 is 0 Å². The molecule has 0 aromatic heterocycles. The number of rotatable bonds is 4. The Hall–Kier alpha value is -0.160. The molecule has 2 fully saturated rings. The first-order valence-corrected chi connectivity index (χ1v) is 4.12. The average molecular weight is 174 g/mol. The Bertz CT molecular complexity index is 176. The molecule has 0 aromatic rings. The quantitative estimate of drug-likeness (QED) is 0.569. The molecular weight excluding hydrogens is 160 g/mol. The Morgan fingerprint density at radius 1 is 1.50 bits per heavy atom. The van der Waals surface area contributed by atoms with Crippen LogP contribution < -0.4 is 0 Å². The highest BCUT2D eigenvalue weighted by Crippen LogP contribution is 2.44. The smallest absolute Gasteiger partial charge is 0.224 e. The van der Waals surface area contributed by atoms with E-state index in [2.05, 4.69) is 0 Å². The zero-order valence-corrected chi connectivity index (χ0v) is 7.57. The van der Waals surface area contributed by atoms with E-state index in [1.807, 2.05) is 6.92 Å². The van der Waals surface area contributed by atoms with E-state index < -0.39 is 5.79 Å². The minimum absolute atomic E-state index is 0.0856. The van der Waals surface area contributed by atoms with Crippen molar-refractivity contribution in [3.63, 3.8) is 0 Å².